The molecule has 32 heavy (non-hydrogen) atoms. The Kier molecular flexibility index (Phi) is 5.65. The number of carbonyl (C=O) groups excluding carboxylic acids is 2. The van der Waals surface area contributed by atoms with Gasteiger partial charge in [0, 0.05) is 19.4 Å². The molecule has 168 valence electrons. The fourth-order valence-electron chi connectivity index (χ4n) is 4.31. The Morgan fingerprint density at radius 3 is 2.06 bits per heavy atom. The number of hydrogen-bond acceptors (Lipinski definition) is 6. The number of carbonyl (C=O) groups is 2. The van der Waals surface area contributed by atoms with Gasteiger partial charge in [-0.15, -0.1) is 0 Å². The molecule has 2 aliphatic rings. The smallest absolute Gasteiger partial charge is 0.345 e. The van der Waals surface area contributed by atoms with Gasteiger partial charge in [-0.3, -0.25) is 9.69 Å². The van der Waals surface area contributed by atoms with Gasteiger partial charge in [-0.1, -0.05) is 0 Å². The van der Waals surface area contributed by atoms with E-state index in [2.05, 4.69) is 4.99 Å². The maximum Gasteiger partial charge on any atom is 0.345 e. The maximum atomic E-state index is 13.3. The van der Waals surface area contributed by atoms with Crippen molar-refractivity contribution in [3.05, 3.63) is 42.0 Å². The lowest BCUT2D eigenvalue weighted by molar-refractivity contribution is -0.118. The summed E-state index contributed by atoms with van der Waals surface area (Å²) < 4.78 is 21.6. The van der Waals surface area contributed by atoms with E-state index in [0.717, 1.165) is 5.56 Å². The van der Waals surface area contributed by atoms with Crippen molar-refractivity contribution >= 4 is 23.5 Å². The number of urea groups is 1. The molecule has 0 saturated carbocycles. The van der Waals surface area contributed by atoms with Gasteiger partial charge in [0.15, 0.2) is 11.5 Å². The molecule has 2 aliphatic heterocycles. The minimum atomic E-state index is -0.426. The van der Waals surface area contributed by atoms with Crippen LogP contribution in [0.3, 0.4) is 0 Å². The number of likely N-dealkylation sites (N-methyl/N-ethyl adjacent to an activating group) is 1. The van der Waals surface area contributed by atoms with Gasteiger partial charge in [0.2, 0.25) is 11.7 Å². The zero-order valence-electron chi connectivity index (χ0n) is 18.6. The normalized spacial score (nSPS) is 20.1. The van der Waals surface area contributed by atoms with Gasteiger partial charge in [0.05, 0.1) is 40.2 Å². The molecule has 2 aromatic rings. The highest BCUT2D eigenvalue weighted by Gasteiger charge is 2.48. The summed E-state index contributed by atoms with van der Waals surface area (Å²) in [6, 6.07) is 9.90. The molecule has 4 rings (SSSR count). The number of nitrogens with zero attached hydrogens (tertiary/aromatic N) is 3. The number of hydrogen-bond donors (Lipinski definition) is 0. The molecule has 2 atom stereocenters. The summed E-state index contributed by atoms with van der Waals surface area (Å²) in [6.07, 6.45) is 0.173. The van der Waals surface area contributed by atoms with E-state index in [-0.39, 0.29) is 18.2 Å². The molecule has 0 bridgehead atoms. The van der Waals surface area contributed by atoms with Gasteiger partial charge in [-0.2, -0.15) is 4.99 Å². The Labute approximate surface area is 186 Å². The van der Waals surface area contributed by atoms with Crippen molar-refractivity contribution in [1.29, 1.82) is 0 Å². The average Bonchev–Trinajstić information content (AvgIpc) is 3.11. The predicted molar refractivity (Wildman–Crippen MR) is 118 cm³/mol. The molecule has 1 fully saturated rings. The van der Waals surface area contributed by atoms with Gasteiger partial charge >= 0.3 is 6.03 Å². The predicted octanol–water partition coefficient (Wildman–Crippen LogP) is 3.07. The molecule has 9 heteroatoms. The summed E-state index contributed by atoms with van der Waals surface area (Å²) in [5, 5.41) is 0. The number of ether oxygens (including phenoxy) is 4. The van der Waals surface area contributed by atoms with Crippen LogP contribution in [0.5, 0.6) is 23.0 Å². The molecule has 0 aliphatic carbocycles. The second kappa shape index (κ2) is 8.41. The number of amidine groups is 1. The van der Waals surface area contributed by atoms with E-state index in [1.165, 1.54) is 26.2 Å². The first kappa shape index (κ1) is 21.5. The first-order valence-electron chi connectivity index (χ1n) is 10.1. The number of anilines is 1. The van der Waals surface area contributed by atoms with Crippen molar-refractivity contribution in [3.63, 3.8) is 0 Å². The monoisotopic (exact) mass is 439 g/mol. The van der Waals surface area contributed by atoms with Crippen LogP contribution in [0.25, 0.3) is 0 Å². The molecular formula is C23H25N3O6. The number of piperidine rings is 1. The first-order chi connectivity index (χ1) is 15.4. The SMILES string of the molecule is COc1ccc(N2C(=O)C[C@@H](c3cc(OC)c(OC)c(OC)c3)[C@H]3C2=NC(=O)N3C)cc1. The third-order valence-electron chi connectivity index (χ3n) is 5.89. The van der Waals surface area contributed by atoms with E-state index >= 15 is 0 Å². The molecule has 0 spiro atoms. The molecule has 0 radical (unpaired) electrons. The summed E-state index contributed by atoms with van der Waals surface area (Å²) in [7, 11) is 7.88. The summed E-state index contributed by atoms with van der Waals surface area (Å²) in [5.74, 6) is 2.01. The van der Waals surface area contributed by atoms with E-state index in [9.17, 15) is 9.59 Å². The Morgan fingerprint density at radius 2 is 1.53 bits per heavy atom. The fourth-order valence-corrected chi connectivity index (χ4v) is 4.31. The largest absolute Gasteiger partial charge is 0.497 e. The van der Waals surface area contributed by atoms with Gasteiger partial charge in [-0.05, 0) is 42.0 Å². The van der Waals surface area contributed by atoms with Crippen molar-refractivity contribution in [2.24, 2.45) is 4.99 Å². The van der Waals surface area contributed by atoms with Crippen molar-refractivity contribution in [1.82, 2.24) is 4.90 Å². The van der Waals surface area contributed by atoms with Gasteiger partial charge in [0.1, 0.15) is 11.6 Å². The van der Waals surface area contributed by atoms with E-state index in [1.807, 2.05) is 12.1 Å². The topological polar surface area (TPSA) is 89.9 Å². The molecule has 1 saturated heterocycles. The number of fused-ring (bicyclic) bond motifs is 1. The molecule has 9 nitrogen and oxygen atoms in total. The van der Waals surface area contributed by atoms with Crippen LogP contribution in [0.15, 0.2) is 41.4 Å². The Balaban J connectivity index is 1.78. The number of aliphatic imine (C=N–C) groups is 1. The zero-order valence-corrected chi connectivity index (χ0v) is 18.6. The molecule has 2 aromatic carbocycles. The van der Waals surface area contributed by atoms with E-state index in [4.69, 9.17) is 18.9 Å². The standard InChI is InChI=1S/C23H25N3O6/c1-25-20-16(13-10-17(30-3)21(32-5)18(11-13)31-4)12-19(27)26(22(20)24-23(25)28)14-6-8-15(29-2)9-7-14/h6-11,16,20H,12H2,1-5H3/t16-,20-/m0/s1. The van der Waals surface area contributed by atoms with Gasteiger partial charge in [0.25, 0.3) is 0 Å². The van der Waals surface area contributed by atoms with Crippen molar-refractivity contribution in [3.8, 4) is 23.0 Å². The number of rotatable bonds is 6. The van der Waals surface area contributed by atoms with Gasteiger partial charge < -0.3 is 23.8 Å². The molecular weight excluding hydrogens is 414 g/mol. The van der Waals surface area contributed by atoms with Crippen LogP contribution in [-0.4, -0.2) is 64.2 Å². The van der Waals surface area contributed by atoms with Crippen LogP contribution < -0.4 is 23.8 Å². The molecule has 2 heterocycles. The summed E-state index contributed by atoms with van der Waals surface area (Å²) in [6.45, 7) is 0. The third-order valence-corrected chi connectivity index (χ3v) is 5.89. The minimum Gasteiger partial charge on any atom is -0.497 e. The number of amides is 3. The van der Waals surface area contributed by atoms with Crippen molar-refractivity contribution in [2.45, 2.75) is 18.4 Å². The van der Waals surface area contributed by atoms with Crippen LogP contribution in [0.2, 0.25) is 0 Å². The highest BCUT2D eigenvalue weighted by atomic mass is 16.5. The van der Waals surface area contributed by atoms with E-state index in [1.54, 1.807) is 43.3 Å². The van der Waals surface area contributed by atoms with E-state index < -0.39 is 12.1 Å². The Morgan fingerprint density at radius 1 is 0.906 bits per heavy atom. The third kappa shape index (κ3) is 3.39. The lowest BCUT2D eigenvalue weighted by Crippen LogP contribution is -2.54. The fraction of sp³-hybridized carbons (Fsp3) is 0.348. The van der Waals surface area contributed by atoms with Crippen LogP contribution in [0.1, 0.15) is 17.9 Å². The number of methoxy groups -OCH3 is 4. The second-order valence-electron chi connectivity index (χ2n) is 7.50. The summed E-state index contributed by atoms with van der Waals surface area (Å²) in [4.78, 5) is 33.2. The molecule has 0 unspecified atom stereocenters. The van der Waals surface area contributed by atoms with Crippen molar-refractivity contribution < 1.29 is 28.5 Å². The zero-order chi connectivity index (χ0) is 23.0. The lowest BCUT2D eigenvalue weighted by atomic mass is 9.83. The van der Waals surface area contributed by atoms with Gasteiger partial charge in [-0.25, -0.2) is 4.79 Å². The molecule has 0 aromatic heterocycles. The Bertz CT molecular complexity index is 1060. The van der Waals surface area contributed by atoms with Crippen LogP contribution in [0.4, 0.5) is 10.5 Å². The number of benzene rings is 2. The highest BCUT2D eigenvalue weighted by Crippen LogP contribution is 2.44. The lowest BCUT2D eigenvalue weighted by Gasteiger charge is -2.39. The highest BCUT2D eigenvalue weighted by molar-refractivity contribution is 6.25. The van der Waals surface area contributed by atoms with Crippen LogP contribution in [-0.2, 0) is 4.79 Å². The van der Waals surface area contributed by atoms with Crippen LogP contribution in [0, 0.1) is 0 Å². The quantitative estimate of drug-likeness (QED) is 0.687. The molecule has 3 amide bonds. The Hall–Kier alpha value is -3.75. The second-order valence-corrected chi connectivity index (χ2v) is 7.50. The summed E-state index contributed by atoms with van der Waals surface area (Å²) >= 11 is 0. The van der Waals surface area contributed by atoms with Crippen LogP contribution >= 0.6 is 0 Å². The maximum absolute atomic E-state index is 13.3. The first-order valence-corrected chi connectivity index (χ1v) is 10.1. The van der Waals surface area contributed by atoms with Crippen molar-refractivity contribution in [2.75, 3.05) is 40.4 Å². The van der Waals surface area contributed by atoms with E-state index in [0.29, 0.717) is 34.5 Å². The molecule has 0 N–H and O–H groups in total. The minimum absolute atomic E-state index is 0.160. The summed E-state index contributed by atoms with van der Waals surface area (Å²) in [5.41, 5.74) is 1.42. The average molecular weight is 439 g/mol.